The standard InChI is InChI=1S/C4H5BrF4O/c1-2(10)3(6,7)4(5,8)9/h2,10H,1H3. The topological polar surface area (TPSA) is 20.2 Å². The van der Waals surface area contributed by atoms with Crippen LogP contribution in [0.15, 0.2) is 0 Å². The van der Waals surface area contributed by atoms with Gasteiger partial charge in [0.2, 0.25) is 0 Å². The van der Waals surface area contributed by atoms with E-state index in [-0.39, 0.29) is 0 Å². The Kier molecular flexibility index (Phi) is 2.70. The number of hydrogen-bond acceptors (Lipinski definition) is 1. The van der Waals surface area contributed by atoms with Gasteiger partial charge < -0.3 is 5.11 Å². The number of hydrogen-bond donors (Lipinski definition) is 1. The molecule has 0 amide bonds. The minimum Gasteiger partial charge on any atom is -0.387 e. The van der Waals surface area contributed by atoms with E-state index in [1.165, 1.54) is 15.9 Å². The molecule has 1 nitrogen and oxygen atoms in total. The Morgan fingerprint density at radius 2 is 1.60 bits per heavy atom. The summed E-state index contributed by atoms with van der Waals surface area (Å²) in [4.78, 5) is -4.35. The van der Waals surface area contributed by atoms with E-state index in [9.17, 15) is 17.6 Å². The molecule has 0 radical (unpaired) electrons. The fourth-order valence-electron chi connectivity index (χ4n) is 0.237. The van der Waals surface area contributed by atoms with Crippen molar-refractivity contribution in [3.63, 3.8) is 0 Å². The first-order valence-electron chi connectivity index (χ1n) is 2.32. The Morgan fingerprint density at radius 3 is 1.60 bits per heavy atom. The molecule has 0 aromatic heterocycles. The van der Waals surface area contributed by atoms with Crippen LogP contribution in [-0.4, -0.2) is 22.0 Å². The molecule has 1 N–H and O–H groups in total. The molecule has 0 saturated carbocycles. The number of aliphatic hydroxyl groups is 1. The number of alkyl halides is 5. The molecule has 6 heteroatoms. The number of rotatable bonds is 2. The predicted octanol–water partition coefficient (Wildman–Crippen LogP) is 1.99. The van der Waals surface area contributed by atoms with Gasteiger partial charge in [0.05, 0.1) is 0 Å². The van der Waals surface area contributed by atoms with Gasteiger partial charge in [0, 0.05) is 0 Å². The summed E-state index contributed by atoms with van der Waals surface area (Å²) in [6, 6.07) is 0. The lowest BCUT2D eigenvalue weighted by Gasteiger charge is -2.23. The van der Waals surface area contributed by atoms with Gasteiger partial charge in [0.25, 0.3) is 0 Å². The molecule has 0 heterocycles. The summed E-state index contributed by atoms with van der Waals surface area (Å²) in [5, 5.41) is 8.16. The van der Waals surface area contributed by atoms with Crippen LogP contribution in [0.1, 0.15) is 6.92 Å². The monoisotopic (exact) mass is 224 g/mol. The van der Waals surface area contributed by atoms with E-state index in [0.717, 1.165) is 0 Å². The molecule has 62 valence electrons. The molecule has 10 heavy (non-hydrogen) atoms. The van der Waals surface area contributed by atoms with E-state index < -0.39 is 16.9 Å². The van der Waals surface area contributed by atoms with Crippen molar-refractivity contribution in [2.45, 2.75) is 23.8 Å². The molecule has 0 aliphatic rings. The van der Waals surface area contributed by atoms with E-state index in [1.54, 1.807) is 0 Å². The summed E-state index contributed by atoms with van der Waals surface area (Å²) >= 11 is 1.46. The third kappa shape index (κ3) is 1.82. The zero-order chi connectivity index (χ0) is 8.58. The maximum atomic E-state index is 12.0. The molecule has 0 saturated heterocycles. The Balaban J connectivity index is 4.40. The Labute approximate surface area is 63.2 Å². The molecular weight excluding hydrogens is 220 g/mol. The first-order chi connectivity index (χ1) is 4.19. The summed E-state index contributed by atoms with van der Waals surface area (Å²) in [5.41, 5.74) is 0. The van der Waals surface area contributed by atoms with E-state index in [0.29, 0.717) is 6.92 Å². The molecule has 0 aromatic carbocycles. The quantitative estimate of drug-likeness (QED) is 0.562. The van der Waals surface area contributed by atoms with Crippen LogP contribution in [-0.2, 0) is 0 Å². The fraction of sp³-hybridized carbons (Fsp3) is 1.00. The van der Waals surface area contributed by atoms with E-state index in [4.69, 9.17) is 5.11 Å². The highest BCUT2D eigenvalue weighted by atomic mass is 79.9. The van der Waals surface area contributed by atoms with Gasteiger partial charge in [-0.15, -0.1) is 0 Å². The molecule has 0 aromatic rings. The second-order valence-electron chi connectivity index (χ2n) is 1.80. The lowest BCUT2D eigenvalue weighted by molar-refractivity contribution is -0.200. The highest BCUT2D eigenvalue weighted by Crippen LogP contribution is 2.41. The van der Waals surface area contributed by atoms with Gasteiger partial charge in [-0.3, -0.25) is 0 Å². The SMILES string of the molecule is CC(O)C(F)(F)C(F)(F)Br. The van der Waals surface area contributed by atoms with Crippen molar-refractivity contribution in [3.05, 3.63) is 0 Å². The largest absolute Gasteiger partial charge is 0.387 e. The van der Waals surface area contributed by atoms with Crippen LogP contribution in [0.5, 0.6) is 0 Å². The average molecular weight is 225 g/mol. The van der Waals surface area contributed by atoms with E-state index >= 15 is 0 Å². The van der Waals surface area contributed by atoms with Crippen molar-refractivity contribution < 1.29 is 22.7 Å². The smallest absolute Gasteiger partial charge is 0.366 e. The molecule has 0 fully saturated rings. The maximum Gasteiger partial charge on any atom is 0.366 e. The lowest BCUT2D eigenvalue weighted by atomic mass is 10.2. The third-order valence-corrected chi connectivity index (χ3v) is 1.43. The van der Waals surface area contributed by atoms with Crippen molar-refractivity contribution in [1.29, 1.82) is 0 Å². The second-order valence-corrected chi connectivity index (χ2v) is 2.79. The normalized spacial score (nSPS) is 17.1. The average Bonchev–Trinajstić information content (AvgIpc) is 1.62. The van der Waals surface area contributed by atoms with E-state index in [2.05, 4.69) is 0 Å². The van der Waals surface area contributed by atoms with Gasteiger partial charge >= 0.3 is 10.8 Å². The third-order valence-electron chi connectivity index (χ3n) is 0.903. The van der Waals surface area contributed by atoms with Crippen LogP contribution in [0, 0.1) is 0 Å². The van der Waals surface area contributed by atoms with Gasteiger partial charge in [0.15, 0.2) is 0 Å². The number of aliphatic hydroxyl groups excluding tert-OH is 1. The molecule has 0 spiro atoms. The van der Waals surface area contributed by atoms with Gasteiger partial charge in [-0.2, -0.15) is 17.6 Å². The van der Waals surface area contributed by atoms with Crippen LogP contribution < -0.4 is 0 Å². The zero-order valence-corrected chi connectivity index (χ0v) is 6.50. The molecule has 0 aliphatic heterocycles. The summed E-state index contributed by atoms with van der Waals surface area (Å²) in [6.07, 6.45) is -2.37. The van der Waals surface area contributed by atoms with Gasteiger partial charge in [-0.05, 0) is 22.9 Å². The number of halogens is 5. The van der Waals surface area contributed by atoms with Crippen LogP contribution in [0.2, 0.25) is 0 Å². The fourth-order valence-corrected chi connectivity index (χ4v) is 0.568. The minimum atomic E-state index is -4.42. The zero-order valence-electron chi connectivity index (χ0n) is 4.91. The van der Waals surface area contributed by atoms with Crippen LogP contribution >= 0.6 is 15.9 Å². The van der Waals surface area contributed by atoms with Crippen LogP contribution in [0.25, 0.3) is 0 Å². The minimum absolute atomic E-state index is 0.592. The molecule has 0 aliphatic carbocycles. The molecule has 0 bridgehead atoms. The summed E-state index contributed by atoms with van der Waals surface area (Å²) in [6.45, 7) is 0.592. The van der Waals surface area contributed by atoms with E-state index in [1.807, 2.05) is 0 Å². The van der Waals surface area contributed by atoms with Crippen molar-refractivity contribution in [1.82, 2.24) is 0 Å². The molecular formula is C4H5BrF4O. The second kappa shape index (κ2) is 2.65. The maximum absolute atomic E-state index is 12.0. The van der Waals surface area contributed by atoms with Gasteiger partial charge in [0.1, 0.15) is 6.10 Å². The van der Waals surface area contributed by atoms with Crippen molar-refractivity contribution in [3.8, 4) is 0 Å². The van der Waals surface area contributed by atoms with Gasteiger partial charge in [-0.25, -0.2) is 0 Å². The molecule has 1 atom stereocenters. The van der Waals surface area contributed by atoms with Crippen molar-refractivity contribution in [2.24, 2.45) is 0 Å². The highest BCUT2D eigenvalue weighted by molar-refractivity contribution is 9.10. The van der Waals surface area contributed by atoms with Crippen molar-refractivity contribution in [2.75, 3.05) is 0 Å². The van der Waals surface area contributed by atoms with Crippen LogP contribution in [0.4, 0.5) is 17.6 Å². The Morgan fingerprint density at radius 1 is 1.30 bits per heavy atom. The van der Waals surface area contributed by atoms with Crippen molar-refractivity contribution >= 4 is 15.9 Å². The first-order valence-corrected chi connectivity index (χ1v) is 3.11. The van der Waals surface area contributed by atoms with Crippen LogP contribution in [0.3, 0.4) is 0 Å². The Hall–Kier alpha value is 0.160. The Bertz CT molecular complexity index is 119. The summed E-state index contributed by atoms with van der Waals surface area (Å²) in [5.74, 6) is -4.42. The predicted molar refractivity (Wildman–Crippen MR) is 30.5 cm³/mol. The molecule has 0 rings (SSSR count). The summed E-state index contributed by atoms with van der Waals surface area (Å²) in [7, 11) is 0. The first kappa shape index (κ1) is 10.2. The highest BCUT2D eigenvalue weighted by Gasteiger charge is 2.57. The lowest BCUT2D eigenvalue weighted by Crippen LogP contribution is -2.44. The molecule has 1 unspecified atom stereocenters. The van der Waals surface area contributed by atoms with Gasteiger partial charge in [-0.1, -0.05) is 0 Å². The summed E-state index contributed by atoms with van der Waals surface area (Å²) < 4.78 is 47.5.